The van der Waals surface area contributed by atoms with Gasteiger partial charge in [0.1, 0.15) is 11.6 Å². The molecule has 102 valence electrons. The van der Waals surface area contributed by atoms with Gasteiger partial charge in [0, 0.05) is 23.7 Å². The Morgan fingerprint density at radius 1 is 1.16 bits per heavy atom. The molecule has 4 aliphatic carbocycles. The average Bonchev–Trinajstić information content (AvgIpc) is 3.05. The number of carbonyl (C=O) groups is 2. The summed E-state index contributed by atoms with van der Waals surface area (Å²) in [5.74, 6) is 2.11. The fraction of sp³-hybridized carbons (Fsp3) is 0.750. The van der Waals surface area contributed by atoms with Crippen LogP contribution in [0.4, 0.5) is 0 Å². The van der Waals surface area contributed by atoms with Crippen molar-refractivity contribution < 1.29 is 14.3 Å². The Morgan fingerprint density at radius 2 is 1.84 bits per heavy atom. The topological polar surface area (TPSA) is 43.4 Å². The summed E-state index contributed by atoms with van der Waals surface area (Å²) >= 11 is 0. The maximum atomic E-state index is 12.5. The molecule has 0 amide bonds. The van der Waals surface area contributed by atoms with Gasteiger partial charge in [-0.3, -0.25) is 9.59 Å². The molecular weight excluding hydrogens is 240 g/mol. The molecule has 7 unspecified atom stereocenters. The predicted molar refractivity (Wildman–Crippen MR) is 69.3 cm³/mol. The molecule has 0 saturated heterocycles. The number of rotatable bonds is 3. The number of ketones is 2. The van der Waals surface area contributed by atoms with Crippen LogP contribution in [0.2, 0.25) is 0 Å². The van der Waals surface area contributed by atoms with Gasteiger partial charge in [-0.15, -0.1) is 0 Å². The first-order chi connectivity index (χ1) is 9.09. The summed E-state index contributed by atoms with van der Waals surface area (Å²) in [6.45, 7) is 4.74. The largest absolute Gasteiger partial charge is 0.378 e. The second-order valence-corrected chi connectivity index (χ2v) is 6.91. The number of hydrogen-bond donors (Lipinski definition) is 0. The fourth-order valence-electron chi connectivity index (χ4n) is 5.15. The Morgan fingerprint density at radius 3 is 2.53 bits per heavy atom. The first-order valence-corrected chi connectivity index (χ1v) is 7.47. The van der Waals surface area contributed by atoms with Gasteiger partial charge in [0.25, 0.3) is 0 Å². The minimum absolute atomic E-state index is 0.0378. The molecule has 19 heavy (non-hydrogen) atoms. The highest BCUT2D eigenvalue weighted by Crippen LogP contribution is 2.64. The van der Waals surface area contributed by atoms with Crippen LogP contribution < -0.4 is 0 Å². The van der Waals surface area contributed by atoms with Crippen molar-refractivity contribution in [1.82, 2.24) is 0 Å². The van der Waals surface area contributed by atoms with Gasteiger partial charge in [0.05, 0.1) is 12.7 Å². The average molecular weight is 260 g/mol. The van der Waals surface area contributed by atoms with Gasteiger partial charge < -0.3 is 4.74 Å². The molecule has 4 rings (SSSR count). The maximum absolute atomic E-state index is 12.5. The van der Waals surface area contributed by atoms with Gasteiger partial charge in [-0.05, 0) is 38.0 Å². The monoisotopic (exact) mass is 260 g/mol. The first kappa shape index (κ1) is 11.8. The van der Waals surface area contributed by atoms with Gasteiger partial charge in [-0.25, -0.2) is 0 Å². The Bertz CT molecular complexity index is 478. The van der Waals surface area contributed by atoms with Crippen molar-refractivity contribution in [2.75, 3.05) is 6.61 Å². The number of hydrogen-bond acceptors (Lipinski definition) is 3. The number of ether oxygens (including phenoxy) is 1. The molecule has 3 nitrogen and oxygen atoms in total. The highest BCUT2D eigenvalue weighted by Gasteiger charge is 2.68. The van der Waals surface area contributed by atoms with Crippen molar-refractivity contribution in [2.45, 2.75) is 26.4 Å². The first-order valence-electron chi connectivity index (χ1n) is 7.47. The third kappa shape index (κ3) is 1.37. The smallest absolute Gasteiger partial charge is 0.147 e. The SMILES string of the molecule is CC(C)OCC1CC2C(=O)C1C1C3C=CC(C3=O)C21. The second-order valence-electron chi connectivity index (χ2n) is 6.91. The van der Waals surface area contributed by atoms with Crippen LogP contribution in [0, 0.1) is 41.4 Å². The quantitative estimate of drug-likeness (QED) is 0.574. The van der Waals surface area contributed by atoms with E-state index >= 15 is 0 Å². The lowest BCUT2D eigenvalue weighted by Gasteiger charge is -2.34. The summed E-state index contributed by atoms with van der Waals surface area (Å²) in [4.78, 5) is 24.6. The van der Waals surface area contributed by atoms with E-state index in [0.717, 1.165) is 6.42 Å². The van der Waals surface area contributed by atoms with Gasteiger partial charge in [-0.1, -0.05) is 12.2 Å². The van der Waals surface area contributed by atoms with Crippen molar-refractivity contribution in [1.29, 1.82) is 0 Å². The molecule has 7 atom stereocenters. The lowest BCUT2D eigenvalue weighted by molar-refractivity contribution is -0.125. The Balaban J connectivity index is 1.60. The summed E-state index contributed by atoms with van der Waals surface area (Å²) in [7, 11) is 0. The molecule has 0 heterocycles. The lowest BCUT2D eigenvalue weighted by atomic mass is 9.69. The maximum Gasteiger partial charge on any atom is 0.147 e. The summed E-state index contributed by atoms with van der Waals surface area (Å²) in [6, 6.07) is 0. The van der Waals surface area contributed by atoms with E-state index in [2.05, 4.69) is 12.2 Å². The Hall–Kier alpha value is -0.960. The zero-order chi connectivity index (χ0) is 13.3. The third-order valence-electron chi connectivity index (χ3n) is 5.74. The van der Waals surface area contributed by atoms with Crippen molar-refractivity contribution in [3.63, 3.8) is 0 Å². The fourth-order valence-corrected chi connectivity index (χ4v) is 5.15. The Kier molecular flexibility index (Phi) is 2.36. The summed E-state index contributed by atoms with van der Waals surface area (Å²) in [5, 5.41) is 0. The molecule has 3 fully saturated rings. The van der Waals surface area contributed by atoms with Crippen LogP contribution in [0.5, 0.6) is 0 Å². The van der Waals surface area contributed by atoms with E-state index in [1.54, 1.807) is 0 Å². The molecular formula is C16H20O3. The van der Waals surface area contributed by atoms with Crippen molar-refractivity contribution in [3.8, 4) is 0 Å². The molecule has 0 spiro atoms. The van der Waals surface area contributed by atoms with Crippen molar-refractivity contribution >= 4 is 11.6 Å². The molecule has 4 bridgehead atoms. The molecule has 0 aromatic rings. The van der Waals surface area contributed by atoms with E-state index in [1.807, 2.05) is 13.8 Å². The summed E-state index contributed by atoms with van der Waals surface area (Å²) in [6.07, 6.45) is 5.28. The highest BCUT2D eigenvalue weighted by molar-refractivity contribution is 5.98. The molecule has 0 radical (unpaired) electrons. The number of Topliss-reactive ketones (excluding diaryl/α,β-unsaturated/α-hetero) is 2. The molecule has 4 aliphatic rings. The third-order valence-corrected chi connectivity index (χ3v) is 5.74. The van der Waals surface area contributed by atoms with Crippen LogP contribution in [0.25, 0.3) is 0 Å². The van der Waals surface area contributed by atoms with Crippen LogP contribution in [0.1, 0.15) is 20.3 Å². The Labute approximate surface area is 113 Å². The van der Waals surface area contributed by atoms with Gasteiger partial charge >= 0.3 is 0 Å². The van der Waals surface area contributed by atoms with Crippen LogP contribution in [-0.4, -0.2) is 24.3 Å². The highest BCUT2D eigenvalue weighted by atomic mass is 16.5. The van der Waals surface area contributed by atoms with Gasteiger partial charge in [0.2, 0.25) is 0 Å². The lowest BCUT2D eigenvalue weighted by Crippen LogP contribution is -2.33. The number of carbonyl (C=O) groups excluding carboxylic acids is 2. The van der Waals surface area contributed by atoms with E-state index in [-0.39, 0.29) is 29.8 Å². The number of fused-ring (bicyclic) bond motifs is 9. The molecule has 3 saturated carbocycles. The zero-order valence-corrected chi connectivity index (χ0v) is 11.4. The van der Waals surface area contributed by atoms with E-state index in [0.29, 0.717) is 35.9 Å². The number of allylic oxidation sites excluding steroid dienone is 2. The molecule has 0 aromatic heterocycles. The van der Waals surface area contributed by atoms with E-state index < -0.39 is 0 Å². The van der Waals surface area contributed by atoms with E-state index in [9.17, 15) is 9.59 Å². The van der Waals surface area contributed by atoms with Gasteiger partial charge in [0.15, 0.2) is 0 Å². The minimum atomic E-state index is 0.0378. The molecule has 0 N–H and O–H groups in total. The minimum Gasteiger partial charge on any atom is -0.378 e. The van der Waals surface area contributed by atoms with Crippen molar-refractivity contribution in [3.05, 3.63) is 12.2 Å². The summed E-state index contributed by atoms with van der Waals surface area (Å²) in [5.41, 5.74) is 0. The predicted octanol–water partition coefficient (Wildman–Crippen LogP) is 1.86. The molecule has 0 aliphatic heterocycles. The van der Waals surface area contributed by atoms with E-state index in [4.69, 9.17) is 4.74 Å². The second kappa shape index (κ2) is 3.78. The van der Waals surface area contributed by atoms with Crippen LogP contribution in [0.3, 0.4) is 0 Å². The van der Waals surface area contributed by atoms with Crippen LogP contribution in [-0.2, 0) is 14.3 Å². The van der Waals surface area contributed by atoms with Gasteiger partial charge in [-0.2, -0.15) is 0 Å². The van der Waals surface area contributed by atoms with Crippen LogP contribution in [0.15, 0.2) is 12.2 Å². The van der Waals surface area contributed by atoms with E-state index in [1.165, 1.54) is 0 Å². The summed E-state index contributed by atoms with van der Waals surface area (Å²) < 4.78 is 5.73. The van der Waals surface area contributed by atoms with Crippen LogP contribution >= 0.6 is 0 Å². The standard InChI is InChI=1S/C16H20O3/c1-7(2)19-6-8-5-11-13-9-3-4-10(15(9)17)14(13)12(8)16(11)18/h3-4,7-14H,5-6H2,1-2H3. The van der Waals surface area contributed by atoms with Crippen molar-refractivity contribution in [2.24, 2.45) is 41.4 Å². The zero-order valence-electron chi connectivity index (χ0n) is 11.4. The molecule has 0 aromatic carbocycles. The normalized spacial score (nSPS) is 49.7. The molecule has 3 heteroatoms.